The van der Waals surface area contributed by atoms with Gasteiger partial charge in [0.05, 0.1) is 0 Å². The van der Waals surface area contributed by atoms with E-state index in [4.69, 9.17) is 4.74 Å². The Bertz CT molecular complexity index is 618. The molecule has 2 aromatic rings. The van der Waals surface area contributed by atoms with Crippen LogP contribution in [0.5, 0.6) is 5.75 Å². The molecule has 0 aliphatic carbocycles. The van der Waals surface area contributed by atoms with Crippen molar-refractivity contribution in [3.8, 4) is 5.75 Å². The molecule has 1 N–H and O–H groups in total. The second-order valence-electron chi connectivity index (χ2n) is 5.30. The molecule has 0 bridgehead atoms. The van der Waals surface area contributed by atoms with Crippen molar-refractivity contribution in [1.29, 1.82) is 0 Å². The van der Waals surface area contributed by atoms with E-state index in [1.807, 2.05) is 61.5 Å². The van der Waals surface area contributed by atoms with Crippen LogP contribution < -0.4 is 10.1 Å². The first kappa shape index (κ1) is 15.8. The number of ether oxygens (including phenoxy) is 1. The van der Waals surface area contributed by atoms with Crippen LogP contribution >= 0.6 is 0 Å². The first-order valence-electron chi connectivity index (χ1n) is 7.34. The van der Waals surface area contributed by atoms with Crippen LogP contribution in [0, 0.1) is 0 Å². The van der Waals surface area contributed by atoms with Crippen LogP contribution in [-0.4, -0.2) is 12.5 Å². The number of aryl methyl sites for hydroxylation is 1. The molecule has 0 radical (unpaired) electrons. The molecule has 0 unspecified atom stereocenters. The zero-order valence-electron chi connectivity index (χ0n) is 12.8. The molecule has 1 amide bonds. The summed E-state index contributed by atoms with van der Waals surface area (Å²) in [4.78, 5) is 11.9. The maximum absolute atomic E-state index is 11.9. The Kier molecular flexibility index (Phi) is 5.78. The maximum Gasteiger partial charge on any atom is 0.224 e. The van der Waals surface area contributed by atoms with Gasteiger partial charge in [0.15, 0.2) is 0 Å². The Morgan fingerprint density at radius 1 is 1.09 bits per heavy atom. The van der Waals surface area contributed by atoms with Gasteiger partial charge in [0.2, 0.25) is 5.91 Å². The van der Waals surface area contributed by atoms with Crippen molar-refractivity contribution < 1.29 is 9.53 Å². The van der Waals surface area contributed by atoms with Gasteiger partial charge in [-0.2, -0.15) is 0 Å². The maximum atomic E-state index is 11.9. The number of carbonyl (C=O) groups is 1. The number of hydrogen-bond acceptors (Lipinski definition) is 2. The molecule has 0 aliphatic heterocycles. The predicted octanol–water partition coefficient (Wildman–Crippen LogP) is 4.21. The van der Waals surface area contributed by atoms with E-state index in [9.17, 15) is 4.79 Å². The van der Waals surface area contributed by atoms with E-state index in [1.54, 1.807) is 0 Å². The molecule has 0 saturated heterocycles. The Hall–Kier alpha value is -2.55. The lowest BCUT2D eigenvalue weighted by Crippen LogP contribution is -2.12. The second kappa shape index (κ2) is 8.03. The van der Waals surface area contributed by atoms with Crippen LogP contribution in [0.4, 0.5) is 5.69 Å². The summed E-state index contributed by atoms with van der Waals surface area (Å²) in [5.41, 5.74) is 2.92. The van der Waals surface area contributed by atoms with Crippen molar-refractivity contribution in [2.75, 3.05) is 11.9 Å². The molecule has 0 saturated carbocycles. The highest BCUT2D eigenvalue weighted by Crippen LogP contribution is 2.16. The lowest BCUT2D eigenvalue weighted by molar-refractivity contribution is -0.116. The van der Waals surface area contributed by atoms with Gasteiger partial charge in [-0.05, 0) is 48.7 Å². The van der Waals surface area contributed by atoms with E-state index < -0.39 is 0 Å². The summed E-state index contributed by atoms with van der Waals surface area (Å²) in [6.45, 7) is 6.21. The topological polar surface area (TPSA) is 38.3 Å². The normalized spacial score (nSPS) is 10.0. The number of nitrogens with one attached hydrogen (secondary N) is 1. The summed E-state index contributed by atoms with van der Waals surface area (Å²) >= 11 is 0. The highest BCUT2D eigenvalue weighted by molar-refractivity contribution is 5.90. The third-order valence-electron chi connectivity index (χ3n) is 3.11. The fraction of sp³-hybridized carbons (Fsp3) is 0.211. The Labute approximate surface area is 131 Å². The van der Waals surface area contributed by atoms with Gasteiger partial charge >= 0.3 is 0 Å². The first-order chi connectivity index (χ1) is 10.6. The molecule has 3 nitrogen and oxygen atoms in total. The standard InChI is InChI=1S/C19H21NO2/c1-15(2)14-22-18-11-9-17(10-12-18)20-19(21)13-8-16-6-4-3-5-7-16/h3-7,9-12H,1,8,13-14H2,2H3,(H,20,21). The number of carbonyl (C=O) groups excluding carboxylic acids is 1. The lowest BCUT2D eigenvalue weighted by atomic mass is 10.1. The molecule has 3 heteroatoms. The molecule has 0 spiro atoms. The zero-order valence-corrected chi connectivity index (χ0v) is 12.8. The SMILES string of the molecule is C=C(C)COc1ccc(NC(=O)CCc2ccccc2)cc1. The molecular weight excluding hydrogens is 274 g/mol. The van der Waals surface area contributed by atoms with Gasteiger partial charge < -0.3 is 10.1 Å². The average Bonchev–Trinajstić information content (AvgIpc) is 2.53. The third-order valence-corrected chi connectivity index (χ3v) is 3.11. The monoisotopic (exact) mass is 295 g/mol. The van der Waals surface area contributed by atoms with Gasteiger partial charge in [-0.1, -0.05) is 36.9 Å². The van der Waals surface area contributed by atoms with Crippen LogP contribution in [0.15, 0.2) is 66.7 Å². The summed E-state index contributed by atoms with van der Waals surface area (Å²) in [7, 11) is 0. The minimum Gasteiger partial charge on any atom is -0.489 e. The average molecular weight is 295 g/mol. The van der Waals surface area contributed by atoms with E-state index >= 15 is 0 Å². The van der Waals surface area contributed by atoms with Crippen molar-refractivity contribution in [3.05, 3.63) is 72.3 Å². The smallest absolute Gasteiger partial charge is 0.224 e. The summed E-state index contributed by atoms with van der Waals surface area (Å²) < 4.78 is 5.52. The van der Waals surface area contributed by atoms with E-state index in [0.29, 0.717) is 13.0 Å². The number of amides is 1. The lowest BCUT2D eigenvalue weighted by Gasteiger charge is -2.08. The fourth-order valence-electron chi connectivity index (χ4n) is 1.97. The van der Waals surface area contributed by atoms with Gasteiger partial charge in [0.25, 0.3) is 0 Å². The van der Waals surface area contributed by atoms with Crippen LogP contribution in [0.1, 0.15) is 18.9 Å². The molecule has 2 rings (SSSR count). The van der Waals surface area contributed by atoms with E-state index in [-0.39, 0.29) is 5.91 Å². The molecule has 2 aromatic carbocycles. The van der Waals surface area contributed by atoms with Crippen molar-refractivity contribution in [1.82, 2.24) is 0 Å². The van der Waals surface area contributed by atoms with E-state index in [0.717, 1.165) is 23.4 Å². The van der Waals surface area contributed by atoms with Crippen LogP contribution in [0.25, 0.3) is 0 Å². The summed E-state index contributed by atoms with van der Waals surface area (Å²) in [5.74, 6) is 0.782. The molecule has 114 valence electrons. The van der Waals surface area contributed by atoms with Crippen molar-refractivity contribution in [3.63, 3.8) is 0 Å². The van der Waals surface area contributed by atoms with E-state index in [1.165, 1.54) is 5.56 Å². The van der Waals surface area contributed by atoms with Crippen LogP contribution in [0.3, 0.4) is 0 Å². The number of hydrogen-bond donors (Lipinski definition) is 1. The minimum absolute atomic E-state index is 0.0134. The van der Waals surface area contributed by atoms with Gasteiger partial charge in [0.1, 0.15) is 12.4 Å². The minimum atomic E-state index is 0.0134. The Morgan fingerprint density at radius 2 is 1.77 bits per heavy atom. The molecular formula is C19H21NO2. The largest absolute Gasteiger partial charge is 0.489 e. The van der Waals surface area contributed by atoms with Gasteiger partial charge in [-0.3, -0.25) is 4.79 Å². The second-order valence-corrected chi connectivity index (χ2v) is 5.30. The first-order valence-corrected chi connectivity index (χ1v) is 7.34. The molecule has 0 atom stereocenters. The number of rotatable bonds is 7. The van der Waals surface area contributed by atoms with Crippen molar-refractivity contribution in [2.45, 2.75) is 19.8 Å². The Balaban J connectivity index is 1.80. The molecule has 0 aliphatic rings. The highest BCUT2D eigenvalue weighted by atomic mass is 16.5. The molecule has 22 heavy (non-hydrogen) atoms. The van der Waals surface area contributed by atoms with Gasteiger partial charge in [-0.25, -0.2) is 0 Å². The number of benzene rings is 2. The summed E-state index contributed by atoms with van der Waals surface area (Å²) in [6, 6.07) is 17.4. The number of anilines is 1. The third kappa shape index (κ3) is 5.44. The molecule has 0 fully saturated rings. The predicted molar refractivity (Wildman–Crippen MR) is 90.1 cm³/mol. The molecule has 0 heterocycles. The molecule has 0 aromatic heterocycles. The highest BCUT2D eigenvalue weighted by Gasteiger charge is 2.03. The summed E-state index contributed by atoms with van der Waals surface area (Å²) in [5, 5.41) is 2.89. The zero-order chi connectivity index (χ0) is 15.8. The van der Waals surface area contributed by atoms with E-state index in [2.05, 4.69) is 11.9 Å². The fourth-order valence-corrected chi connectivity index (χ4v) is 1.97. The van der Waals surface area contributed by atoms with Gasteiger partial charge in [-0.15, -0.1) is 0 Å². The van der Waals surface area contributed by atoms with Crippen LogP contribution in [-0.2, 0) is 11.2 Å². The summed E-state index contributed by atoms with van der Waals surface area (Å²) in [6.07, 6.45) is 1.21. The Morgan fingerprint density at radius 3 is 2.41 bits per heavy atom. The van der Waals surface area contributed by atoms with Gasteiger partial charge in [0, 0.05) is 12.1 Å². The van der Waals surface area contributed by atoms with Crippen LogP contribution in [0.2, 0.25) is 0 Å². The van der Waals surface area contributed by atoms with Crippen molar-refractivity contribution >= 4 is 11.6 Å². The van der Waals surface area contributed by atoms with Crippen molar-refractivity contribution in [2.24, 2.45) is 0 Å². The quantitative estimate of drug-likeness (QED) is 0.777.